The van der Waals surface area contributed by atoms with Gasteiger partial charge in [-0.2, -0.15) is 14.3 Å². The van der Waals surface area contributed by atoms with E-state index >= 15 is 0 Å². The molecule has 4 heterocycles. The minimum Gasteiger partial charge on any atom is -0.310 e. The third-order valence-electron chi connectivity index (χ3n) is 4.75. The van der Waals surface area contributed by atoms with Gasteiger partial charge < -0.3 is 5.32 Å². The maximum atomic E-state index is 12.4. The monoisotopic (exact) mass is 379 g/mol. The molecule has 0 aliphatic carbocycles. The highest BCUT2D eigenvalue weighted by Crippen LogP contribution is 2.42. The third-order valence-corrected chi connectivity index (χ3v) is 5.09. The number of nitrogens with zero attached hydrogens (tertiary/aromatic N) is 6. The Kier molecular flexibility index (Phi) is 3.48. The molecule has 1 amide bonds. The van der Waals surface area contributed by atoms with Gasteiger partial charge in [0.05, 0.1) is 5.69 Å². The van der Waals surface area contributed by atoms with E-state index in [1.54, 1.807) is 21.3 Å². The van der Waals surface area contributed by atoms with Gasteiger partial charge in [-0.05, 0) is 30.7 Å². The normalized spacial score (nSPS) is 16.4. The summed E-state index contributed by atoms with van der Waals surface area (Å²) in [5, 5.41) is 20.5. The van der Waals surface area contributed by atoms with E-state index in [4.69, 9.17) is 11.6 Å². The van der Waals surface area contributed by atoms with E-state index < -0.39 is 0 Å². The molecule has 1 atom stereocenters. The predicted octanol–water partition coefficient (Wildman–Crippen LogP) is 2.75. The predicted molar refractivity (Wildman–Crippen MR) is 99.2 cm³/mol. The topological polar surface area (TPSA) is 90.0 Å². The molecule has 0 saturated carbocycles. The molecule has 0 fully saturated rings. The molecule has 3 aromatic heterocycles. The lowest BCUT2D eigenvalue weighted by Crippen LogP contribution is -2.25. The Morgan fingerprint density at radius 3 is 2.89 bits per heavy atom. The molecule has 9 heteroatoms. The number of anilines is 1. The largest absolute Gasteiger partial charge is 0.310 e. The van der Waals surface area contributed by atoms with Crippen molar-refractivity contribution in [3.63, 3.8) is 0 Å². The maximum absolute atomic E-state index is 12.4. The fraction of sp³-hybridized carbons (Fsp3) is 0.167. The first-order valence-corrected chi connectivity index (χ1v) is 8.81. The molecule has 0 bridgehead atoms. The fourth-order valence-corrected chi connectivity index (χ4v) is 3.84. The number of rotatable bonds is 2. The van der Waals surface area contributed by atoms with E-state index in [-0.39, 0.29) is 11.8 Å². The minimum atomic E-state index is -0.158. The van der Waals surface area contributed by atoms with Crippen molar-refractivity contribution in [1.82, 2.24) is 29.6 Å². The molecule has 8 nitrogen and oxygen atoms in total. The smallest absolute Gasteiger partial charge is 0.226 e. The van der Waals surface area contributed by atoms with Crippen molar-refractivity contribution in [2.45, 2.75) is 19.3 Å². The number of aryl methyl sites for hydroxylation is 1. The Balaban J connectivity index is 1.70. The molecule has 0 spiro atoms. The number of benzene rings is 1. The standard InChI is InChI=1S/C18H14ClN7O/c1-10-17-12(11-4-2-3-5-13(11)19)8-16(27)21-18(17)26(23-10)15-7-6-14-22-20-9-25(14)24-15/h2-7,9,12H,8H2,1H3,(H,21,27)/t12-/m1/s1. The highest BCUT2D eigenvalue weighted by atomic mass is 35.5. The van der Waals surface area contributed by atoms with Crippen LogP contribution in [0, 0.1) is 6.92 Å². The summed E-state index contributed by atoms with van der Waals surface area (Å²) in [4.78, 5) is 12.4. The summed E-state index contributed by atoms with van der Waals surface area (Å²) in [6, 6.07) is 11.2. The van der Waals surface area contributed by atoms with Gasteiger partial charge in [-0.15, -0.1) is 15.3 Å². The lowest BCUT2D eigenvalue weighted by Gasteiger charge is -2.25. The summed E-state index contributed by atoms with van der Waals surface area (Å²) in [7, 11) is 0. The van der Waals surface area contributed by atoms with Crippen LogP contribution >= 0.6 is 11.6 Å². The van der Waals surface area contributed by atoms with Crippen LogP contribution in [0.5, 0.6) is 0 Å². The van der Waals surface area contributed by atoms with Crippen LogP contribution in [0.3, 0.4) is 0 Å². The van der Waals surface area contributed by atoms with E-state index in [0.29, 0.717) is 28.7 Å². The van der Waals surface area contributed by atoms with E-state index in [1.807, 2.05) is 31.2 Å². The van der Waals surface area contributed by atoms with Crippen LogP contribution in [0.2, 0.25) is 5.02 Å². The highest BCUT2D eigenvalue weighted by molar-refractivity contribution is 6.31. The van der Waals surface area contributed by atoms with E-state index in [0.717, 1.165) is 16.8 Å². The molecule has 0 saturated heterocycles. The van der Waals surface area contributed by atoms with Gasteiger partial charge in [0, 0.05) is 22.9 Å². The first-order chi connectivity index (χ1) is 13.1. The fourth-order valence-electron chi connectivity index (χ4n) is 3.57. The first-order valence-electron chi connectivity index (χ1n) is 8.43. The second-order valence-electron chi connectivity index (χ2n) is 6.41. The Hall–Kier alpha value is -3.26. The van der Waals surface area contributed by atoms with E-state index in [2.05, 4.69) is 25.7 Å². The third kappa shape index (κ3) is 2.48. The molecule has 1 aliphatic heterocycles. The molecular weight excluding hydrogens is 366 g/mol. The molecule has 0 radical (unpaired) electrons. The average Bonchev–Trinajstić information content (AvgIpc) is 3.25. The van der Waals surface area contributed by atoms with Crippen molar-refractivity contribution >= 4 is 29.0 Å². The van der Waals surface area contributed by atoms with Crippen LogP contribution in [-0.4, -0.2) is 35.5 Å². The zero-order chi connectivity index (χ0) is 18.5. The molecule has 0 unspecified atom stereocenters. The number of amides is 1. The molecule has 1 aliphatic rings. The molecule has 1 aromatic carbocycles. The van der Waals surface area contributed by atoms with Crippen molar-refractivity contribution < 1.29 is 4.79 Å². The van der Waals surface area contributed by atoms with Crippen molar-refractivity contribution in [1.29, 1.82) is 0 Å². The molecule has 27 heavy (non-hydrogen) atoms. The summed E-state index contributed by atoms with van der Waals surface area (Å²) in [5.41, 5.74) is 3.32. The van der Waals surface area contributed by atoms with Gasteiger partial charge in [0.15, 0.2) is 11.5 Å². The van der Waals surface area contributed by atoms with Gasteiger partial charge in [-0.1, -0.05) is 29.8 Å². The van der Waals surface area contributed by atoms with E-state index in [9.17, 15) is 4.79 Å². The van der Waals surface area contributed by atoms with Crippen LogP contribution in [-0.2, 0) is 4.79 Å². The summed E-state index contributed by atoms with van der Waals surface area (Å²) >= 11 is 6.41. The van der Waals surface area contributed by atoms with Gasteiger partial charge >= 0.3 is 0 Å². The summed E-state index contributed by atoms with van der Waals surface area (Å²) in [6.07, 6.45) is 1.84. The van der Waals surface area contributed by atoms with Crippen LogP contribution in [0.25, 0.3) is 11.5 Å². The minimum absolute atomic E-state index is 0.0843. The number of nitrogens with one attached hydrogen (secondary N) is 1. The zero-order valence-electron chi connectivity index (χ0n) is 14.3. The van der Waals surface area contributed by atoms with Crippen molar-refractivity contribution in [3.05, 3.63) is 64.6 Å². The van der Waals surface area contributed by atoms with Gasteiger partial charge in [0.1, 0.15) is 12.1 Å². The number of fused-ring (bicyclic) bond motifs is 2. The van der Waals surface area contributed by atoms with Crippen molar-refractivity contribution in [3.8, 4) is 5.82 Å². The number of carbonyl (C=O) groups excluding carboxylic acids is 1. The summed E-state index contributed by atoms with van der Waals surface area (Å²) < 4.78 is 3.21. The average molecular weight is 380 g/mol. The number of aromatic nitrogens is 6. The second-order valence-corrected chi connectivity index (χ2v) is 6.82. The van der Waals surface area contributed by atoms with Gasteiger partial charge in [-0.25, -0.2) is 0 Å². The number of halogens is 1. The highest BCUT2D eigenvalue weighted by Gasteiger charge is 2.33. The quantitative estimate of drug-likeness (QED) is 0.578. The Labute approximate surface area is 158 Å². The Morgan fingerprint density at radius 1 is 1.19 bits per heavy atom. The number of carbonyl (C=O) groups is 1. The molecule has 4 aromatic rings. The van der Waals surface area contributed by atoms with Crippen molar-refractivity contribution in [2.75, 3.05) is 5.32 Å². The SMILES string of the molecule is Cc1nn(-c2ccc3nncn3n2)c2c1[C@@H](c1ccccc1Cl)CC(=O)N2. The van der Waals surface area contributed by atoms with Gasteiger partial charge in [-0.3, -0.25) is 4.79 Å². The first kappa shape index (κ1) is 16.0. The van der Waals surface area contributed by atoms with Crippen molar-refractivity contribution in [2.24, 2.45) is 0 Å². The zero-order valence-corrected chi connectivity index (χ0v) is 15.1. The van der Waals surface area contributed by atoms with Crippen LogP contribution in [0.1, 0.15) is 29.2 Å². The van der Waals surface area contributed by atoms with Gasteiger partial charge in [0.25, 0.3) is 0 Å². The number of hydrogen-bond donors (Lipinski definition) is 1. The summed E-state index contributed by atoms with van der Waals surface area (Å²) in [5.74, 6) is 0.939. The van der Waals surface area contributed by atoms with Crippen LogP contribution in [0.15, 0.2) is 42.7 Å². The van der Waals surface area contributed by atoms with Crippen LogP contribution < -0.4 is 5.32 Å². The lowest BCUT2D eigenvalue weighted by atomic mass is 9.86. The second kappa shape index (κ2) is 5.88. The van der Waals surface area contributed by atoms with Crippen LogP contribution in [0.4, 0.5) is 5.82 Å². The molecular formula is C18H14ClN7O. The Morgan fingerprint density at radius 2 is 2.04 bits per heavy atom. The maximum Gasteiger partial charge on any atom is 0.226 e. The lowest BCUT2D eigenvalue weighted by molar-refractivity contribution is -0.116. The molecule has 1 N–H and O–H groups in total. The van der Waals surface area contributed by atoms with E-state index in [1.165, 1.54) is 6.33 Å². The molecule has 5 rings (SSSR count). The summed E-state index contributed by atoms with van der Waals surface area (Å²) in [6.45, 7) is 1.92. The van der Waals surface area contributed by atoms with Gasteiger partial charge in [0.2, 0.25) is 5.91 Å². The molecule has 134 valence electrons. The Bertz CT molecular complexity index is 1200. The number of hydrogen-bond acceptors (Lipinski definition) is 5.